The van der Waals surface area contributed by atoms with Gasteiger partial charge < -0.3 is 10.4 Å². The van der Waals surface area contributed by atoms with Crippen LogP contribution >= 0.6 is 0 Å². The number of rotatable bonds is 6. The van der Waals surface area contributed by atoms with E-state index < -0.39 is 5.97 Å². The highest BCUT2D eigenvalue weighted by atomic mass is 16.4. The summed E-state index contributed by atoms with van der Waals surface area (Å²) in [4.78, 5) is 24.0. The fourth-order valence-electron chi connectivity index (χ4n) is 1.55. The lowest BCUT2D eigenvalue weighted by Gasteiger charge is -2.25. The predicted octanol–water partition coefficient (Wildman–Crippen LogP) is 0.944. The lowest BCUT2D eigenvalue weighted by molar-refractivity contribution is -0.138. The van der Waals surface area contributed by atoms with Crippen LogP contribution in [0.1, 0.15) is 34.6 Å². The molecular weight excluding hydrogens is 220 g/mol. The molecule has 0 radical (unpaired) electrons. The Labute approximate surface area is 103 Å². The fourth-order valence-corrected chi connectivity index (χ4v) is 1.55. The predicted molar refractivity (Wildman–Crippen MR) is 66.8 cm³/mol. The second kappa shape index (κ2) is 6.59. The summed E-state index contributed by atoms with van der Waals surface area (Å²) in [6.45, 7) is 10.3. The molecular formula is C12H24N2O3. The van der Waals surface area contributed by atoms with Crippen LogP contribution in [0.2, 0.25) is 0 Å². The maximum atomic E-state index is 11.7. The molecule has 0 aliphatic rings. The Hall–Kier alpha value is -1.10. The van der Waals surface area contributed by atoms with Gasteiger partial charge in [-0.3, -0.25) is 14.5 Å². The summed E-state index contributed by atoms with van der Waals surface area (Å²) >= 11 is 0. The van der Waals surface area contributed by atoms with Crippen molar-refractivity contribution in [3.05, 3.63) is 0 Å². The van der Waals surface area contributed by atoms with Gasteiger partial charge in [-0.1, -0.05) is 13.8 Å². The minimum atomic E-state index is -0.908. The van der Waals surface area contributed by atoms with Crippen molar-refractivity contribution < 1.29 is 14.7 Å². The zero-order valence-corrected chi connectivity index (χ0v) is 11.4. The molecule has 0 aromatic carbocycles. The van der Waals surface area contributed by atoms with Gasteiger partial charge in [0.1, 0.15) is 0 Å². The first-order chi connectivity index (χ1) is 7.60. The maximum absolute atomic E-state index is 11.7. The van der Waals surface area contributed by atoms with Gasteiger partial charge in [-0.25, -0.2) is 0 Å². The molecule has 1 amide bonds. The first-order valence-electron chi connectivity index (χ1n) is 5.85. The van der Waals surface area contributed by atoms with Gasteiger partial charge in [-0.05, 0) is 26.7 Å². The van der Waals surface area contributed by atoms with Crippen LogP contribution in [0.5, 0.6) is 0 Å². The molecule has 5 heteroatoms. The van der Waals surface area contributed by atoms with Gasteiger partial charge in [-0.2, -0.15) is 0 Å². The maximum Gasteiger partial charge on any atom is 0.317 e. The SMILES string of the molecule is CC(C)CN(CC(=O)O)CC(=O)NC(C)(C)C. The number of carboxylic acids is 1. The summed E-state index contributed by atoms with van der Waals surface area (Å²) in [7, 11) is 0. The van der Waals surface area contributed by atoms with E-state index in [-0.39, 0.29) is 24.5 Å². The van der Waals surface area contributed by atoms with Crippen molar-refractivity contribution in [3.63, 3.8) is 0 Å². The Bertz CT molecular complexity index is 269. The van der Waals surface area contributed by atoms with E-state index in [2.05, 4.69) is 5.32 Å². The zero-order chi connectivity index (χ0) is 13.6. The van der Waals surface area contributed by atoms with Gasteiger partial charge in [0.2, 0.25) is 5.91 Å². The van der Waals surface area contributed by atoms with E-state index in [1.807, 2.05) is 34.6 Å². The number of amides is 1. The summed E-state index contributed by atoms with van der Waals surface area (Å²) in [6.07, 6.45) is 0. The third-order valence-electron chi connectivity index (χ3n) is 1.86. The summed E-state index contributed by atoms with van der Waals surface area (Å²) in [5.74, 6) is -0.717. The summed E-state index contributed by atoms with van der Waals surface area (Å²) in [6, 6.07) is 0. The van der Waals surface area contributed by atoms with Gasteiger partial charge in [0.25, 0.3) is 0 Å². The topological polar surface area (TPSA) is 69.6 Å². The van der Waals surface area contributed by atoms with Crippen LogP contribution in [0.15, 0.2) is 0 Å². The van der Waals surface area contributed by atoms with Gasteiger partial charge in [0, 0.05) is 12.1 Å². The summed E-state index contributed by atoms with van der Waals surface area (Å²) < 4.78 is 0. The van der Waals surface area contributed by atoms with Crippen molar-refractivity contribution in [1.82, 2.24) is 10.2 Å². The molecule has 0 saturated carbocycles. The van der Waals surface area contributed by atoms with Gasteiger partial charge in [-0.15, -0.1) is 0 Å². The molecule has 0 spiro atoms. The van der Waals surface area contributed by atoms with E-state index >= 15 is 0 Å². The normalized spacial score (nSPS) is 11.9. The molecule has 0 aliphatic carbocycles. The van der Waals surface area contributed by atoms with Crippen LogP contribution < -0.4 is 5.32 Å². The van der Waals surface area contributed by atoms with Crippen LogP contribution in [-0.2, 0) is 9.59 Å². The molecule has 5 nitrogen and oxygen atoms in total. The van der Waals surface area contributed by atoms with E-state index in [0.717, 1.165) is 0 Å². The number of carboxylic acid groups (broad SMARTS) is 1. The molecule has 0 aromatic heterocycles. The van der Waals surface area contributed by atoms with Crippen LogP contribution in [0.25, 0.3) is 0 Å². The highest BCUT2D eigenvalue weighted by molar-refractivity contribution is 5.79. The Morgan fingerprint density at radius 2 is 1.76 bits per heavy atom. The van der Waals surface area contributed by atoms with E-state index in [4.69, 9.17) is 5.11 Å². The lowest BCUT2D eigenvalue weighted by atomic mass is 10.1. The Kier molecular flexibility index (Phi) is 6.16. The number of carbonyl (C=O) groups is 2. The number of nitrogens with one attached hydrogen (secondary N) is 1. The van der Waals surface area contributed by atoms with Gasteiger partial charge in [0.15, 0.2) is 0 Å². The smallest absolute Gasteiger partial charge is 0.317 e. The monoisotopic (exact) mass is 244 g/mol. The fraction of sp³-hybridized carbons (Fsp3) is 0.833. The van der Waals surface area contributed by atoms with Crippen molar-refractivity contribution in [2.75, 3.05) is 19.6 Å². The van der Waals surface area contributed by atoms with Gasteiger partial charge in [0.05, 0.1) is 13.1 Å². The van der Waals surface area contributed by atoms with Crippen molar-refractivity contribution in [3.8, 4) is 0 Å². The van der Waals surface area contributed by atoms with Crippen molar-refractivity contribution in [2.45, 2.75) is 40.2 Å². The molecule has 0 rings (SSSR count). The summed E-state index contributed by atoms with van der Waals surface area (Å²) in [5.41, 5.74) is -0.288. The highest BCUT2D eigenvalue weighted by Crippen LogP contribution is 2.01. The van der Waals surface area contributed by atoms with Crippen LogP contribution in [-0.4, -0.2) is 47.1 Å². The van der Waals surface area contributed by atoms with Gasteiger partial charge >= 0.3 is 5.97 Å². The number of nitrogens with zero attached hydrogens (tertiary/aromatic N) is 1. The third kappa shape index (κ3) is 9.81. The van der Waals surface area contributed by atoms with E-state index in [1.54, 1.807) is 4.90 Å². The van der Waals surface area contributed by atoms with Crippen LogP contribution in [0, 0.1) is 5.92 Å². The first kappa shape index (κ1) is 15.9. The molecule has 0 saturated heterocycles. The molecule has 17 heavy (non-hydrogen) atoms. The zero-order valence-electron chi connectivity index (χ0n) is 11.4. The second-order valence-corrected chi connectivity index (χ2v) is 5.76. The van der Waals surface area contributed by atoms with Crippen molar-refractivity contribution in [1.29, 1.82) is 0 Å². The largest absolute Gasteiger partial charge is 0.480 e. The van der Waals surface area contributed by atoms with E-state index in [1.165, 1.54) is 0 Å². The Morgan fingerprint density at radius 1 is 1.24 bits per heavy atom. The Morgan fingerprint density at radius 3 is 2.12 bits per heavy atom. The minimum Gasteiger partial charge on any atom is -0.480 e. The van der Waals surface area contributed by atoms with E-state index in [0.29, 0.717) is 12.5 Å². The summed E-state index contributed by atoms with van der Waals surface area (Å²) in [5, 5.41) is 11.6. The number of aliphatic carboxylic acids is 1. The molecule has 0 atom stereocenters. The molecule has 0 fully saturated rings. The van der Waals surface area contributed by atoms with Crippen molar-refractivity contribution >= 4 is 11.9 Å². The average molecular weight is 244 g/mol. The Balaban J connectivity index is 4.32. The lowest BCUT2D eigenvalue weighted by Crippen LogP contribution is -2.47. The molecule has 0 bridgehead atoms. The van der Waals surface area contributed by atoms with Crippen LogP contribution in [0.3, 0.4) is 0 Å². The minimum absolute atomic E-state index is 0.101. The quantitative estimate of drug-likeness (QED) is 0.729. The average Bonchev–Trinajstić information content (AvgIpc) is 1.95. The third-order valence-corrected chi connectivity index (χ3v) is 1.86. The van der Waals surface area contributed by atoms with Crippen LogP contribution in [0.4, 0.5) is 0 Å². The second-order valence-electron chi connectivity index (χ2n) is 5.76. The number of carbonyl (C=O) groups excluding carboxylic acids is 1. The van der Waals surface area contributed by atoms with Crippen molar-refractivity contribution in [2.24, 2.45) is 5.92 Å². The molecule has 2 N–H and O–H groups in total. The molecule has 0 heterocycles. The first-order valence-corrected chi connectivity index (χ1v) is 5.85. The standard InChI is InChI=1S/C12H24N2O3/c1-9(2)6-14(8-11(16)17)7-10(15)13-12(3,4)5/h9H,6-8H2,1-5H3,(H,13,15)(H,16,17). The number of hydrogen-bond donors (Lipinski definition) is 2. The molecule has 0 aromatic rings. The highest BCUT2D eigenvalue weighted by Gasteiger charge is 2.18. The molecule has 0 unspecified atom stereocenters. The molecule has 0 aliphatic heterocycles. The number of hydrogen-bond acceptors (Lipinski definition) is 3. The van der Waals surface area contributed by atoms with E-state index in [9.17, 15) is 9.59 Å². The molecule has 100 valence electrons.